The molecule has 1 fully saturated rings. The minimum atomic E-state index is -4.33. The van der Waals surface area contributed by atoms with Crippen molar-refractivity contribution in [1.29, 1.82) is 0 Å². The van der Waals surface area contributed by atoms with E-state index in [1.807, 2.05) is 0 Å². The van der Waals surface area contributed by atoms with Gasteiger partial charge in [0, 0.05) is 13.6 Å². The summed E-state index contributed by atoms with van der Waals surface area (Å²) in [6, 6.07) is 4.73. The molecule has 4 nitrogen and oxygen atoms in total. The fraction of sp³-hybridized carbons (Fsp3) is 0.500. The van der Waals surface area contributed by atoms with Crippen LogP contribution in [0.15, 0.2) is 24.3 Å². The molecule has 1 aromatic rings. The molecule has 2 unspecified atom stereocenters. The highest BCUT2D eigenvalue weighted by Crippen LogP contribution is 2.32. The van der Waals surface area contributed by atoms with E-state index in [2.05, 4.69) is 5.32 Å². The molecule has 1 saturated heterocycles. The average molecular weight is 302 g/mol. The van der Waals surface area contributed by atoms with E-state index >= 15 is 0 Å². The molecule has 0 bridgehead atoms. The fourth-order valence-corrected chi connectivity index (χ4v) is 2.43. The van der Waals surface area contributed by atoms with Crippen LogP contribution in [0.3, 0.4) is 0 Å². The van der Waals surface area contributed by atoms with Crippen molar-refractivity contribution in [2.75, 3.05) is 20.7 Å². The van der Waals surface area contributed by atoms with Gasteiger partial charge in [-0.1, -0.05) is 12.1 Å². The molecule has 0 radical (unpaired) electrons. The van der Waals surface area contributed by atoms with Crippen molar-refractivity contribution in [3.8, 4) is 0 Å². The maximum atomic E-state index is 12.5. The SMILES string of the molecule is CON(C)C(=O)C1CC(c2ccc(C(F)(F)F)cc2)CN1. The van der Waals surface area contributed by atoms with Crippen molar-refractivity contribution in [3.05, 3.63) is 35.4 Å². The van der Waals surface area contributed by atoms with Crippen molar-refractivity contribution in [3.63, 3.8) is 0 Å². The first-order valence-corrected chi connectivity index (χ1v) is 6.55. The minimum Gasteiger partial charge on any atom is -0.305 e. The monoisotopic (exact) mass is 302 g/mol. The Hall–Kier alpha value is -1.60. The van der Waals surface area contributed by atoms with E-state index in [0.29, 0.717) is 13.0 Å². The number of amides is 1. The number of nitrogens with one attached hydrogen (secondary N) is 1. The molecule has 1 N–H and O–H groups in total. The molecular formula is C14H17F3N2O2. The van der Waals surface area contributed by atoms with E-state index in [9.17, 15) is 18.0 Å². The van der Waals surface area contributed by atoms with Crippen LogP contribution in [0, 0.1) is 0 Å². The topological polar surface area (TPSA) is 41.6 Å². The van der Waals surface area contributed by atoms with Gasteiger partial charge < -0.3 is 5.32 Å². The van der Waals surface area contributed by atoms with Crippen molar-refractivity contribution in [2.24, 2.45) is 0 Å². The van der Waals surface area contributed by atoms with Crippen LogP contribution in [-0.4, -0.2) is 37.7 Å². The molecular weight excluding hydrogens is 285 g/mol. The summed E-state index contributed by atoms with van der Waals surface area (Å²) in [6.07, 6.45) is -3.79. The Bertz CT molecular complexity index is 502. The highest BCUT2D eigenvalue weighted by atomic mass is 19.4. The number of alkyl halides is 3. The van der Waals surface area contributed by atoms with Crippen molar-refractivity contribution >= 4 is 5.91 Å². The summed E-state index contributed by atoms with van der Waals surface area (Å²) in [5.74, 6) is -0.168. The third-order valence-electron chi connectivity index (χ3n) is 3.72. The average Bonchev–Trinajstić information content (AvgIpc) is 2.94. The zero-order valence-corrected chi connectivity index (χ0v) is 11.8. The number of carbonyl (C=O) groups excluding carboxylic acids is 1. The molecule has 0 aromatic heterocycles. The summed E-state index contributed by atoms with van der Waals surface area (Å²) in [5, 5.41) is 4.22. The standard InChI is InChI=1S/C14H17F3N2O2/c1-19(21-2)13(20)12-7-10(8-18-12)9-3-5-11(6-4-9)14(15,16)17/h3-6,10,12,18H,7-8H2,1-2H3. The van der Waals surface area contributed by atoms with Gasteiger partial charge in [-0.25, -0.2) is 5.06 Å². The van der Waals surface area contributed by atoms with E-state index < -0.39 is 11.7 Å². The van der Waals surface area contributed by atoms with Crippen LogP contribution in [-0.2, 0) is 15.8 Å². The Morgan fingerprint density at radius 3 is 2.48 bits per heavy atom. The molecule has 0 saturated carbocycles. The van der Waals surface area contributed by atoms with Gasteiger partial charge in [0.15, 0.2) is 0 Å². The molecule has 1 aliphatic heterocycles. The van der Waals surface area contributed by atoms with Crippen LogP contribution in [0.2, 0.25) is 0 Å². The normalized spacial score (nSPS) is 22.3. The number of halogens is 3. The summed E-state index contributed by atoms with van der Waals surface area (Å²) >= 11 is 0. The molecule has 1 heterocycles. The third-order valence-corrected chi connectivity index (χ3v) is 3.72. The first kappa shape index (κ1) is 15.8. The first-order chi connectivity index (χ1) is 9.82. The highest BCUT2D eigenvalue weighted by molar-refractivity contribution is 5.81. The van der Waals surface area contributed by atoms with Gasteiger partial charge in [0.1, 0.15) is 0 Å². The van der Waals surface area contributed by atoms with Gasteiger partial charge in [-0.15, -0.1) is 0 Å². The van der Waals surface area contributed by atoms with Crippen LogP contribution < -0.4 is 5.32 Å². The molecule has 21 heavy (non-hydrogen) atoms. The number of rotatable bonds is 3. The van der Waals surface area contributed by atoms with Crippen LogP contribution >= 0.6 is 0 Å². The number of hydroxylamine groups is 2. The lowest BCUT2D eigenvalue weighted by Gasteiger charge is -2.18. The Kier molecular flexibility index (Phi) is 4.53. The second-order valence-corrected chi connectivity index (χ2v) is 5.03. The molecule has 2 rings (SSSR count). The predicted molar refractivity (Wildman–Crippen MR) is 70.4 cm³/mol. The van der Waals surface area contributed by atoms with Crippen LogP contribution in [0.1, 0.15) is 23.5 Å². The van der Waals surface area contributed by atoms with Gasteiger partial charge in [0.2, 0.25) is 0 Å². The van der Waals surface area contributed by atoms with E-state index in [-0.39, 0.29) is 17.9 Å². The summed E-state index contributed by atoms with van der Waals surface area (Å²) < 4.78 is 37.5. The van der Waals surface area contributed by atoms with Gasteiger partial charge >= 0.3 is 6.18 Å². The van der Waals surface area contributed by atoms with Gasteiger partial charge in [-0.2, -0.15) is 13.2 Å². The Morgan fingerprint density at radius 2 is 1.95 bits per heavy atom. The number of benzene rings is 1. The second kappa shape index (κ2) is 6.03. The lowest BCUT2D eigenvalue weighted by molar-refractivity contribution is -0.170. The Morgan fingerprint density at radius 1 is 1.33 bits per heavy atom. The third kappa shape index (κ3) is 3.54. The van der Waals surface area contributed by atoms with Gasteiger partial charge in [-0.05, 0) is 30.0 Å². The number of likely N-dealkylation sites (N-methyl/N-ethyl adjacent to an activating group) is 1. The van der Waals surface area contributed by atoms with Crippen LogP contribution in [0.5, 0.6) is 0 Å². The fourth-order valence-electron chi connectivity index (χ4n) is 2.43. The molecule has 1 aromatic carbocycles. The largest absolute Gasteiger partial charge is 0.416 e. The predicted octanol–water partition coefficient (Wildman–Crippen LogP) is 2.17. The highest BCUT2D eigenvalue weighted by Gasteiger charge is 2.33. The first-order valence-electron chi connectivity index (χ1n) is 6.55. The molecule has 0 aliphatic carbocycles. The van der Waals surface area contributed by atoms with Gasteiger partial charge in [0.05, 0.1) is 18.7 Å². The lowest BCUT2D eigenvalue weighted by Crippen LogP contribution is -2.40. The molecule has 0 spiro atoms. The van der Waals surface area contributed by atoms with E-state index in [1.54, 1.807) is 0 Å². The minimum absolute atomic E-state index is 0.0199. The molecule has 1 aliphatic rings. The van der Waals surface area contributed by atoms with Crippen molar-refractivity contribution < 1.29 is 22.8 Å². The summed E-state index contributed by atoms with van der Waals surface area (Å²) in [4.78, 5) is 16.8. The maximum Gasteiger partial charge on any atom is 0.416 e. The molecule has 116 valence electrons. The summed E-state index contributed by atoms with van der Waals surface area (Å²) in [5.41, 5.74) is 0.134. The van der Waals surface area contributed by atoms with Crippen molar-refractivity contribution in [2.45, 2.75) is 24.6 Å². The van der Waals surface area contributed by atoms with E-state index in [0.717, 1.165) is 22.8 Å². The maximum absolute atomic E-state index is 12.5. The van der Waals surface area contributed by atoms with E-state index in [1.165, 1.54) is 26.3 Å². The Balaban J connectivity index is 2.03. The quantitative estimate of drug-likeness (QED) is 0.870. The molecule has 1 amide bonds. The van der Waals surface area contributed by atoms with Crippen LogP contribution in [0.4, 0.5) is 13.2 Å². The zero-order valence-electron chi connectivity index (χ0n) is 11.8. The second-order valence-electron chi connectivity index (χ2n) is 5.03. The number of nitrogens with zero attached hydrogens (tertiary/aromatic N) is 1. The molecule has 2 atom stereocenters. The lowest BCUT2D eigenvalue weighted by atomic mass is 9.95. The summed E-state index contributed by atoms with van der Waals surface area (Å²) in [6.45, 7) is 0.555. The number of hydrogen-bond donors (Lipinski definition) is 1. The molecule has 7 heteroatoms. The number of carbonyl (C=O) groups is 1. The van der Waals surface area contributed by atoms with Crippen molar-refractivity contribution in [1.82, 2.24) is 10.4 Å². The van der Waals surface area contributed by atoms with Gasteiger partial charge in [-0.3, -0.25) is 9.63 Å². The van der Waals surface area contributed by atoms with Gasteiger partial charge in [0.25, 0.3) is 5.91 Å². The summed E-state index contributed by atoms with van der Waals surface area (Å²) in [7, 11) is 2.93. The number of hydrogen-bond acceptors (Lipinski definition) is 3. The Labute approximate surface area is 120 Å². The smallest absolute Gasteiger partial charge is 0.305 e. The van der Waals surface area contributed by atoms with Crippen LogP contribution in [0.25, 0.3) is 0 Å². The zero-order chi connectivity index (χ0) is 15.6. The van der Waals surface area contributed by atoms with E-state index in [4.69, 9.17) is 4.84 Å².